The predicted octanol–water partition coefficient (Wildman–Crippen LogP) is 2.66. The number of benzene rings is 1. The molecule has 1 fully saturated rings. The van der Waals surface area contributed by atoms with Crippen molar-refractivity contribution in [2.45, 2.75) is 26.1 Å². The maximum Gasteiger partial charge on any atom is 0.205 e. The Kier molecular flexibility index (Phi) is 6.43. The highest BCUT2D eigenvalue weighted by atomic mass is 32.1. The number of nitrogen functional groups attached to an aromatic ring is 1. The first-order valence-electron chi connectivity index (χ1n) is 8.70. The molecule has 0 aliphatic carbocycles. The van der Waals surface area contributed by atoms with Gasteiger partial charge in [-0.2, -0.15) is 5.10 Å². The first-order chi connectivity index (χ1) is 12.6. The van der Waals surface area contributed by atoms with Gasteiger partial charge in [0.25, 0.3) is 0 Å². The van der Waals surface area contributed by atoms with Crippen molar-refractivity contribution in [3.8, 4) is 5.75 Å². The van der Waals surface area contributed by atoms with Gasteiger partial charge in [-0.25, -0.2) is 4.98 Å². The van der Waals surface area contributed by atoms with Gasteiger partial charge < -0.3 is 15.2 Å². The molecule has 26 heavy (non-hydrogen) atoms. The minimum Gasteiger partial charge on any atom is -0.492 e. The summed E-state index contributed by atoms with van der Waals surface area (Å²) in [7, 11) is 0. The Hall–Kier alpha value is -2.16. The maximum absolute atomic E-state index is 5.98. The summed E-state index contributed by atoms with van der Waals surface area (Å²) < 4.78 is 11.7. The van der Waals surface area contributed by atoms with Crippen LogP contribution in [0.15, 0.2) is 34.7 Å². The zero-order chi connectivity index (χ0) is 18.4. The SMILES string of the molecule is CC1CN(CCOc2ccccc2C=NNc2nc(N)cs2)CC(C)O1. The van der Waals surface area contributed by atoms with Gasteiger partial charge in [-0.15, -0.1) is 11.3 Å². The largest absolute Gasteiger partial charge is 0.492 e. The van der Waals surface area contributed by atoms with Crippen LogP contribution >= 0.6 is 11.3 Å². The summed E-state index contributed by atoms with van der Waals surface area (Å²) >= 11 is 1.41. The monoisotopic (exact) mass is 375 g/mol. The van der Waals surface area contributed by atoms with E-state index in [0.717, 1.165) is 30.9 Å². The fourth-order valence-corrected chi connectivity index (χ4v) is 3.51. The van der Waals surface area contributed by atoms with Crippen LogP contribution in [0.5, 0.6) is 5.75 Å². The number of thiazole rings is 1. The van der Waals surface area contributed by atoms with Gasteiger partial charge in [0, 0.05) is 30.6 Å². The first kappa shape index (κ1) is 18.6. The molecule has 0 bridgehead atoms. The second kappa shape index (κ2) is 8.98. The minimum absolute atomic E-state index is 0.268. The average molecular weight is 375 g/mol. The highest BCUT2D eigenvalue weighted by Gasteiger charge is 2.21. The fraction of sp³-hybridized carbons (Fsp3) is 0.444. The van der Waals surface area contributed by atoms with Crippen LogP contribution in [0.2, 0.25) is 0 Å². The van der Waals surface area contributed by atoms with Gasteiger partial charge in [-0.3, -0.25) is 10.3 Å². The van der Waals surface area contributed by atoms with E-state index in [4.69, 9.17) is 15.2 Å². The molecular formula is C18H25N5O2S. The standard InChI is InChI=1S/C18H25N5O2S/c1-13-10-23(11-14(2)25-13)7-8-24-16-6-4-3-5-15(16)9-20-22-18-21-17(19)12-26-18/h3-6,9,12-14H,7-8,10-11,19H2,1-2H3,(H,21,22). The average Bonchev–Trinajstić information content (AvgIpc) is 3.01. The summed E-state index contributed by atoms with van der Waals surface area (Å²) in [5, 5.41) is 6.64. The molecule has 2 aromatic rings. The van der Waals surface area contributed by atoms with Crippen LogP contribution < -0.4 is 15.9 Å². The topological polar surface area (TPSA) is 85.0 Å². The number of ether oxygens (including phenoxy) is 2. The second-order valence-electron chi connectivity index (χ2n) is 6.35. The van der Waals surface area contributed by atoms with Crippen molar-refractivity contribution in [1.82, 2.24) is 9.88 Å². The Bertz CT molecular complexity index is 726. The fourth-order valence-electron chi connectivity index (χ4n) is 2.96. The molecule has 7 nitrogen and oxygen atoms in total. The molecule has 140 valence electrons. The second-order valence-corrected chi connectivity index (χ2v) is 7.21. The van der Waals surface area contributed by atoms with Crippen LogP contribution in [0.1, 0.15) is 19.4 Å². The third-order valence-corrected chi connectivity index (χ3v) is 4.73. The van der Waals surface area contributed by atoms with Crippen molar-refractivity contribution in [2.24, 2.45) is 5.10 Å². The molecule has 1 aromatic heterocycles. The van der Waals surface area contributed by atoms with E-state index >= 15 is 0 Å². The number of para-hydroxylation sites is 1. The number of nitrogens with zero attached hydrogens (tertiary/aromatic N) is 3. The predicted molar refractivity (Wildman–Crippen MR) is 106 cm³/mol. The van der Waals surface area contributed by atoms with Crippen LogP contribution in [0.3, 0.4) is 0 Å². The Morgan fingerprint density at radius 3 is 2.88 bits per heavy atom. The van der Waals surface area contributed by atoms with Crippen molar-refractivity contribution >= 4 is 28.5 Å². The number of hydrazone groups is 1. The van der Waals surface area contributed by atoms with E-state index in [2.05, 4.69) is 34.3 Å². The van der Waals surface area contributed by atoms with E-state index in [1.165, 1.54) is 11.3 Å². The first-order valence-corrected chi connectivity index (χ1v) is 9.58. The molecule has 1 aromatic carbocycles. The van der Waals surface area contributed by atoms with Gasteiger partial charge in [-0.1, -0.05) is 12.1 Å². The van der Waals surface area contributed by atoms with E-state index in [-0.39, 0.29) is 12.2 Å². The number of morpholine rings is 1. The lowest BCUT2D eigenvalue weighted by atomic mass is 10.2. The van der Waals surface area contributed by atoms with Crippen LogP contribution in [-0.4, -0.2) is 54.5 Å². The third kappa shape index (κ3) is 5.42. The molecule has 1 saturated heterocycles. The Labute approximate surface area is 157 Å². The number of aromatic nitrogens is 1. The summed E-state index contributed by atoms with van der Waals surface area (Å²) in [6.07, 6.45) is 2.26. The van der Waals surface area contributed by atoms with Gasteiger partial charge in [0.2, 0.25) is 5.13 Å². The van der Waals surface area contributed by atoms with Crippen molar-refractivity contribution < 1.29 is 9.47 Å². The van der Waals surface area contributed by atoms with E-state index < -0.39 is 0 Å². The molecule has 8 heteroatoms. The Morgan fingerprint density at radius 2 is 2.15 bits per heavy atom. The van der Waals surface area contributed by atoms with Crippen LogP contribution in [0.25, 0.3) is 0 Å². The van der Waals surface area contributed by atoms with Gasteiger partial charge in [-0.05, 0) is 26.0 Å². The van der Waals surface area contributed by atoms with Crippen molar-refractivity contribution in [1.29, 1.82) is 0 Å². The van der Waals surface area contributed by atoms with E-state index in [1.54, 1.807) is 11.6 Å². The zero-order valence-corrected chi connectivity index (χ0v) is 15.9. The molecule has 2 unspecified atom stereocenters. The quantitative estimate of drug-likeness (QED) is 0.572. The molecule has 0 amide bonds. The molecule has 0 radical (unpaired) electrons. The summed E-state index contributed by atoms with van der Waals surface area (Å²) in [6.45, 7) is 7.60. The van der Waals surface area contributed by atoms with Gasteiger partial charge in [0.1, 0.15) is 18.2 Å². The molecule has 1 aliphatic heterocycles. The summed E-state index contributed by atoms with van der Waals surface area (Å²) in [6, 6.07) is 7.84. The summed E-state index contributed by atoms with van der Waals surface area (Å²) in [4.78, 5) is 6.48. The molecule has 3 N–H and O–H groups in total. The zero-order valence-electron chi connectivity index (χ0n) is 15.1. The van der Waals surface area contributed by atoms with Gasteiger partial charge in [0.15, 0.2) is 0 Å². The normalized spacial score (nSPS) is 21.2. The molecule has 0 saturated carbocycles. The highest BCUT2D eigenvalue weighted by molar-refractivity contribution is 7.14. The van der Waals surface area contributed by atoms with Crippen molar-refractivity contribution in [2.75, 3.05) is 37.4 Å². The van der Waals surface area contributed by atoms with Gasteiger partial charge >= 0.3 is 0 Å². The molecule has 2 heterocycles. The van der Waals surface area contributed by atoms with Gasteiger partial charge in [0.05, 0.1) is 18.4 Å². The maximum atomic E-state index is 5.98. The lowest BCUT2D eigenvalue weighted by Gasteiger charge is -2.35. The number of nitrogens with one attached hydrogen (secondary N) is 1. The minimum atomic E-state index is 0.268. The molecule has 3 rings (SSSR count). The Balaban J connectivity index is 1.52. The summed E-state index contributed by atoms with van der Waals surface area (Å²) in [5.74, 6) is 1.30. The number of anilines is 2. The van der Waals surface area contributed by atoms with Crippen molar-refractivity contribution in [3.63, 3.8) is 0 Å². The Morgan fingerprint density at radius 1 is 1.38 bits per heavy atom. The third-order valence-electron chi connectivity index (χ3n) is 3.97. The number of nitrogens with two attached hydrogens (primary N) is 1. The summed E-state index contributed by atoms with van der Waals surface area (Å²) in [5.41, 5.74) is 9.38. The molecular weight excluding hydrogens is 350 g/mol. The lowest BCUT2D eigenvalue weighted by molar-refractivity contribution is -0.0699. The number of hydrogen-bond donors (Lipinski definition) is 2. The van der Waals surface area contributed by atoms with Crippen LogP contribution in [0, 0.1) is 0 Å². The van der Waals surface area contributed by atoms with Crippen molar-refractivity contribution in [3.05, 3.63) is 35.2 Å². The molecule has 0 spiro atoms. The number of hydrogen-bond acceptors (Lipinski definition) is 8. The number of rotatable bonds is 7. The smallest absolute Gasteiger partial charge is 0.205 e. The van der Waals surface area contributed by atoms with Crippen LogP contribution in [0.4, 0.5) is 10.9 Å². The van der Waals surface area contributed by atoms with E-state index in [9.17, 15) is 0 Å². The van der Waals surface area contributed by atoms with Crippen LogP contribution in [-0.2, 0) is 4.74 Å². The highest BCUT2D eigenvalue weighted by Crippen LogP contribution is 2.18. The molecule has 2 atom stereocenters. The van der Waals surface area contributed by atoms with E-state index in [0.29, 0.717) is 17.6 Å². The molecule has 1 aliphatic rings. The lowest BCUT2D eigenvalue weighted by Crippen LogP contribution is -2.46. The van der Waals surface area contributed by atoms with E-state index in [1.807, 2.05) is 24.3 Å².